The van der Waals surface area contributed by atoms with Gasteiger partial charge in [-0.25, -0.2) is 4.79 Å². The normalized spacial score (nSPS) is 14.7. The molecular formula is C13H17N3O3. The van der Waals surface area contributed by atoms with Crippen LogP contribution in [0.1, 0.15) is 0 Å². The molecule has 3 amide bonds. The standard InChI is InChI=1S/C13H17N3O3/c17-9-10-7-16(8-10)12(18)6-14-13(19)15-11-4-2-1-3-5-11/h1-5,10,17H,6-9H2,(H2,14,15,19). The van der Waals surface area contributed by atoms with Gasteiger partial charge in [0.05, 0.1) is 6.54 Å². The second-order valence-corrected chi connectivity index (χ2v) is 4.52. The molecule has 1 saturated heterocycles. The highest BCUT2D eigenvalue weighted by Gasteiger charge is 2.29. The van der Waals surface area contributed by atoms with Crippen LogP contribution in [0.5, 0.6) is 0 Å². The van der Waals surface area contributed by atoms with Crippen LogP contribution >= 0.6 is 0 Å². The number of likely N-dealkylation sites (tertiary alicyclic amines) is 1. The number of carbonyl (C=O) groups excluding carboxylic acids is 2. The Hall–Kier alpha value is -2.08. The van der Waals surface area contributed by atoms with Gasteiger partial charge in [0, 0.05) is 31.3 Å². The number of anilines is 1. The molecule has 19 heavy (non-hydrogen) atoms. The Morgan fingerprint density at radius 3 is 2.58 bits per heavy atom. The van der Waals surface area contributed by atoms with Gasteiger partial charge < -0.3 is 20.6 Å². The van der Waals surface area contributed by atoms with Crippen molar-refractivity contribution in [1.29, 1.82) is 0 Å². The molecule has 0 saturated carbocycles. The molecule has 1 fully saturated rings. The Labute approximate surface area is 111 Å². The molecule has 0 spiro atoms. The lowest BCUT2D eigenvalue weighted by Crippen LogP contribution is -2.54. The zero-order valence-corrected chi connectivity index (χ0v) is 10.5. The highest BCUT2D eigenvalue weighted by atomic mass is 16.3. The van der Waals surface area contributed by atoms with Crippen LogP contribution in [0.3, 0.4) is 0 Å². The number of para-hydroxylation sites is 1. The predicted molar refractivity (Wildman–Crippen MR) is 70.6 cm³/mol. The predicted octanol–water partition coefficient (Wildman–Crippen LogP) is 0.259. The van der Waals surface area contributed by atoms with E-state index in [0.717, 1.165) is 0 Å². The van der Waals surface area contributed by atoms with Gasteiger partial charge in [0.15, 0.2) is 0 Å². The third-order valence-corrected chi connectivity index (χ3v) is 3.00. The number of aliphatic hydroxyl groups is 1. The first kappa shape index (κ1) is 13.4. The number of nitrogens with one attached hydrogen (secondary N) is 2. The summed E-state index contributed by atoms with van der Waals surface area (Å²) < 4.78 is 0. The Balaban J connectivity index is 1.68. The summed E-state index contributed by atoms with van der Waals surface area (Å²) >= 11 is 0. The summed E-state index contributed by atoms with van der Waals surface area (Å²) in [7, 11) is 0. The first-order chi connectivity index (χ1) is 9.19. The first-order valence-corrected chi connectivity index (χ1v) is 6.17. The molecule has 0 atom stereocenters. The molecule has 1 aromatic rings. The Kier molecular flexibility index (Phi) is 4.35. The van der Waals surface area contributed by atoms with Crippen molar-refractivity contribution in [1.82, 2.24) is 10.2 Å². The molecule has 1 aliphatic heterocycles. The number of hydrogen-bond donors (Lipinski definition) is 3. The number of amides is 3. The van der Waals surface area contributed by atoms with Crippen LogP contribution in [-0.4, -0.2) is 48.2 Å². The summed E-state index contributed by atoms with van der Waals surface area (Å²) in [5.41, 5.74) is 0.678. The number of aliphatic hydroxyl groups excluding tert-OH is 1. The van der Waals surface area contributed by atoms with Crippen molar-refractivity contribution in [3.63, 3.8) is 0 Å². The van der Waals surface area contributed by atoms with Gasteiger partial charge in [-0.05, 0) is 12.1 Å². The van der Waals surface area contributed by atoms with Crippen molar-refractivity contribution in [2.24, 2.45) is 5.92 Å². The quantitative estimate of drug-likeness (QED) is 0.728. The molecule has 0 bridgehead atoms. The summed E-state index contributed by atoms with van der Waals surface area (Å²) in [4.78, 5) is 24.8. The lowest BCUT2D eigenvalue weighted by molar-refractivity contribution is -0.137. The summed E-state index contributed by atoms with van der Waals surface area (Å²) in [5, 5.41) is 14.0. The summed E-state index contributed by atoms with van der Waals surface area (Å²) in [6.45, 7) is 1.21. The maximum absolute atomic E-state index is 11.6. The lowest BCUT2D eigenvalue weighted by atomic mass is 10.0. The van der Waals surface area contributed by atoms with Gasteiger partial charge in [-0.2, -0.15) is 0 Å². The van der Waals surface area contributed by atoms with Gasteiger partial charge in [-0.1, -0.05) is 18.2 Å². The van der Waals surface area contributed by atoms with Crippen LogP contribution in [-0.2, 0) is 4.79 Å². The van der Waals surface area contributed by atoms with Crippen molar-refractivity contribution in [2.45, 2.75) is 0 Å². The van der Waals surface area contributed by atoms with Crippen molar-refractivity contribution in [3.05, 3.63) is 30.3 Å². The van der Waals surface area contributed by atoms with E-state index in [4.69, 9.17) is 5.11 Å². The van der Waals surface area contributed by atoms with Crippen LogP contribution in [0.2, 0.25) is 0 Å². The molecule has 0 aromatic heterocycles. The zero-order chi connectivity index (χ0) is 13.7. The van der Waals surface area contributed by atoms with E-state index in [1.807, 2.05) is 18.2 Å². The molecule has 1 heterocycles. The van der Waals surface area contributed by atoms with Crippen LogP contribution in [0.15, 0.2) is 30.3 Å². The fourth-order valence-electron chi connectivity index (χ4n) is 1.85. The summed E-state index contributed by atoms with van der Waals surface area (Å²) in [6, 6.07) is 8.62. The van der Waals surface area contributed by atoms with Crippen molar-refractivity contribution >= 4 is 17.6 Å². The molecule has 2 rings (SSSR count). The van der Waals surface area contributed by atoms with E-state index < -0.39 is 6.03 Å². The Morgan fingerprint density at radius 1 is 1.26 bits per heavy atom. The van der Waals surface area contributed by atoms with E-state index in [9.17, 15) is 9.59 Å². The van der Waals surface area contributed by atoms with Gasteiger partial charge in [-0.15, -0.1) is 0 Å². The molecule has 1 aliphatic rings. The molecule has 1 aromatic carbocycles. The molecule has 6 heteroatoms. The van der Waals surface area contributed by atoms with Gasteiger partial charge in [0.1, 0.15) is 0 Å². The van der Waals surface area contributed by atoms with Gasteiger partial charge in [0.25, 0.3) is 0 Å². The Morgan fingerprint density at radius 2 is 1.95 bits per heavy atom. The second kappa shape index (κ2) is 6.19. The number of carbonyl (C=O) groups is 2. The largest absolute Gasteiger partial charge is 0.396 e. The topological polar surface area (TPSA) is 81.7 Å². The number of hydrogen-bond acceptors (Lipinski definition) is 3. The highest BCUT2D eigenvalue weighted by molar-refractivity contribution is 5.92. The maximum atomic E-state index is 11.6. The number of rotatable bonds is 4. The van der Waals surface area contributed by atoms with Crippen molar-refractivity contribution in [3.8, 4) is 0 Å². The van der Waals surface area contributed by atoms with Gasteiger partial charge in [-0.3, -0.25) is 4.79 Å². The Bertz CT molecular complexity index is 444. The fraction of sp³-hybridized carbons (Fsp3) is 0.385. The van der Waals surface area contributed by atoms with E-state index in [-0.39, 0.29) is 25.0 Å². The SMILES string of the molecule is O=C(NCC(=O)N1CC(CO)C1)Nc1ccccc1. The average Bonchev–Trinajstić information content (AvgIpc) is 2.36. The van der Waals surface area contributed by atoms with Crippen LogP contribution in [0.25, 0.3) is 0 Å². The van der Waals surface area contributed by atoms with E-state index in [1.165, 1.54) is 0 Å². The third kappa shape index (κ3) is 3.69. The second-order valence-electron chi connectivity index (χ2n) is 4.52. The molecule has 0 aliphatic carbocycles. The van der Waals surface area contributed by atoms with Crippen molar-refractivity contribution in [2.75, 3.05) is 31.6 Å². The molecule has 0 unspecified atom stereocenters. The van der Waals surface area contributed by atoms with E-state index in [1.54, 1.807) is 17.0 Å². The van der Waals surface area contributed by atoms with Crippen molar-refractivity contribution < 1.29 is 14.7 Å². The third-order valence-electron chi connectivity index (χ3n) is 3.00. The lowest BCUT2D eigenvalue weighted by Gasteiger charge is -2.38. The minimum atomic E-state index is -0.404. The number of urea groups is 1. The van der Waals surface area contributed by atoms with Gasteiger partial charge >= 0.3 is 6.03 Å². The highest BCUT2D eigenvalue weighted by Crippen LogP contribution is 2.13. The van der Waals surface area contributed by atoms with Crippen LogP contribution in [0, 0.1) is 5.92 Å². The van der Waals surface area contributed by atoms with E-state index in [2.05, 4.69) is 10.6 Å². The molecule has 102 valence electrons. The zero-order valence-electron chi connectivity index (χ0n) is 10.5. The minimum absolute atomic E-state index is 0.0309. The average molecular weight is 263 g/mol. The van der Waals surface area contributed by atoms with E-state index >= 15 is 0 Å². The number of benzene rings is 1. The minimum Gasteiger partial charge on any atom is -0.396 e. The maximum Gasteiger partial charge on any atom is 0.319 e. The van der Waals surface area contributed by atoms with E-state index in [0.29, 0.717) is 18.8 Å². The molecule has 6 nitrogen and oxygen atoms in total. The summed E-state index contributed by atoms with van der Waals surface area (Å²) in [5.74, 6) is 0.0509. The fourth-order valence-corrected chi connectivity index (χ4v) is 1.85. The molecular weight excluding hydrogens is 246 g/mol. The van der Waals surface area contributed by atoms with Crippen LogP contribution in [0.4, 0.5) is 10.5 Å². The molecule has 3 N–H and O–H groups in total. The smallest absolute Gasteiger partial charge is 0.319 e. The monoisotopic (exact) mass is 263 g/mol. The van der Waals surface area contributed by atoms with Gasteiger partial charge in [0.2, 0.25) is 5.91 Å². The number of nitrogens with zero attached hydrogens (tertiary/aromatic N) is 1. The van der Waals surface area contributed by atoms with Crippen LogP contribution < -0.4 is 10.6 Å². The summed E-state index contributed by atoms with van der Waals surface area (Å²) in [6.07, 6.45) is 0. The first-order valence-electron chi connectivity index (χ1n) is 6.17. The molecule has 0 radical (unpaired) electrons.